The summed E-state index contributed by atoms with van der Waals surface area (Å²) in [5.74, 6) is 0. The van der Waals surface area contributed by atoms with E-state index < -0.39 is 5.41 Å². The molecule has 1 aliphatic carbocycles. The zero-order valence-corrected chi connectivity index (χ0v) is 23.7. The Morgan fingerprint density at radius 2 is 1.02 bits per heavy atom. The first-order valence-electron chi connectivity index (χ1n) is 14.6. The Balaban J connectivity index is 1.37. The molecule has 0 saturated carbocycles. The molecule has 0 atom stereocenters. The van der Waals surface area contributed by atoms with Crippen molar-refractivity contribution in [2.75, 3.05) is 0 Å². The monoisotopic (exact) mass is 550 g/mol. The quantitative estimate of drug-likeness (QED) is 0.192. The van der Waals surface area contributed by atoms with Gasteiger partial charge in [0, 0.05) is 11.8 Å². The molecule has 0 unspecified atom stereocenters. The van der Waals surface area contributed by atoms with E-state index in [0.717, 1.165) is 22.4 Å². The molecule has 0 heterocycles. The lowest BCUT2D eigenvalue weighted by Gasteiger charge is -2.34. The molecular formula is C41H30N2. The first-order chi connectivity index (χ1) is 21.2. The predicted molar refractivity (Wildman–Crippen MR) is 179 cm³/mol. The lowest BCUT2D eigenvalue weighted by molar-refractivity contribution is 0.768. The Labute approximate surface area is 252 Å². The van der Waals surface area contributed by atoms with Gasteiger partial charge in [0.05, 0.1) is 16.8 Å². The van der Waals surface area contributed by atoms with Crippen molar-refractivity contribution in [3.05, 3.63) is 209 Å². The zero-order chi connectivity index (χ0) is 29.1. The van der Waals surface area contributed by atoms with Crippen molar-refractivity contribution in [2.45, 2.75) is 5.41 Å². The summed E-state index contributed by atoms with van der Waals surface area (Å²) in [7, 11) is 0. The molecule has 0 fully saturated rings. The second-order valence-electron chi connectivity index (χ2n) is 10.8. The van der Waals surface area contributed by atoms with Gasteiger partial charge in [0.15, 0.2) is 0 Å². The van der Waals surface area contributed by atoms with Crippen LogP contribution < -0.4 is 0 Å². The van der Waals surface area contributed by atoms with Crippen LogP contribution in [0.25, 0.3) is 16.8 Å². The van der Waals surface area contributed by atoms with Gasteiger partial charge in [-0.15, -0.1) is 0 Å². The van der Waals surface area contributed by atoms with E-state index in [4.69, 9.17) is 10.4 Å². The lowest BCUT2D eigenvalue weighted by atomic mass is 9.67. The summed E-state index contributed by atoms with van der Waals surface area (Å²) in [6.45, 7) is 0. The largest absolute Gasteiger partial charge is 0.300 e. The highest BCUT2D eigenvalue weighted by Gasteiger charge is 2.45. The topological polar surface area (TPSA) is 36.2 Å². The average Bonchev–Trinajstić information content (AvgIpc) is 3.39. The Morgan fingerprint density at radius 1 is 0.512 bits per heavy atom. The normalized spacial score (nSPS) is 13.4. The summed E-state index contributed by atoms with van der Waals surface area (Å²) in [5.41, 5.74) is 11.1. The third kappa shape index (κ3) is 4.73. The van der Waals surface area contributed by atoms with Crippen LogP contribution in [0.1, 0.15) is 38.9 Å². The molecule has 6 aromatic carbocycles. The molecule has 7 rings (SSSR count). The van der Waals surface area contributed by atoms with Crippen LogP contribution in [-0.4, -0.2) is 11.9 Å². The molecule has 0 bridgehead atoms. The summed E-state index contributed by atoms with van der Waals surface area (Å²) in [4.78, 5) is 4.98. The van der Waals surface area contributed by atoms with Crippen molar-refractivity contribution < 1.29 is 0 Å². The van der Waals surface area contributed by atoms with Crippen molar-refractivity contribution in [3.8, 4) is 11.1 Å². The molecule has 0 saturated heterocycles. The van der Waals surface area contributed by atoms with Crippen molar-refractivity contribution in [1.29, 1.82) is 5.41 Å². The van der Waals surface area contributed by atoms with Gasteiger partial charge in [0.25, 0.3) is 0 Å². The van der Waals surface area contributed by atoms with Gasteiger partial charge in [-0.2, -0.15) is 0 Å². The minimum Gasteiger partial charge on any atom is -0.300 e. The maximum absolute atomic E-state index is 8.75. The van der Waals surface area contributed by atoms with Crippen LogP contribution in [0, 0.1) is 5.41 Å². The lowest BCUT2D eigenvalue weighted by Crippen LogP contribution is -2.28. The fourth-order valence-corrected chi connectivity index (χ4v) is 6.35. The van der Waals surface area contributed by atoms with Crippen LogP contribution in [0.3, 0.4) is 0 Å². The third-order valence-corrected chi connectivity index (χ3v) is 8.27. The Bertz CT molecular complexity index is 1920. The number of hydrogen-bond donors (Lipinski definition) is 1. The van der Waals surface area contributed by atoms with E-state index in [1.165, 1.54) is 33.4 Å². The minimum atomic E-state index is -0.453. The van der Waals surface area contributed by atoms with Crippen LogP contribution in [0.4, 0.5) is 0 Å². The second-order valence-corrected chi connectivity index (χ2v) is 10.8. The number of allylic oxidation sites excluding steroid dienone is 1. The van der Waals surface area contributed by atoms with Gasteiger partial charge in [-0.25, -0.2) is 0 Å². The Hall–Kier alpha value is -5.60. The van der Waals surface area contributed by atoms with Gasteiger partial charge >= 0.3 is 0 Å². The number of hydrogen-bond acceptors (Lipinski definition) is 2. The molecule has 0 spiro atoms. The number of aliphatic imine (C=N–C) groups is 1. The fourth-order valence-electron chi connectivity index (χ4n) is 6.35. The molecule has 2 nitrogen and oxygen atoms in total. The van der Waals surface area contributed by atoms with E-state index >= 15 is 0 Å². The van der Waals surface area contributed by atoms with Crippen molar-refractivity contribution >= 4 is 17.6 Å². The molecule has 43 heavy (non-hydrogen) atoms. The van der Waals surface area contributed by atoms with Crippen LogP contribution in [-0.2, 0) is 5.41 Å². The van der Waals surface area contributed by atoms with Crippen molar-refractivity contribution in [3.63, 3.8) is 0 Å². The molecule has 0 amide bonds. The average molecular weight is 551 g/mol. The Morgan fingerprint density at radius 3 is 1.65 bits per heavy atom. The standard InChI is InChI=1S/C41H30N2/c42-39(31-16-4-1-5-17-31)28-40(32-18-6-2-7-19-32)43-29-30-15-14-22-34(27-30)41(33-20-8-3-9-21-33)37-25-12-10-23-35(37)36-24-11-13-26-38(36)41/h1-29,42H/b40-28-,42-39?,43-29?. The summed E-state index contributed by atoms with van der Waals surface area (Å²) in [6.07, 6.45) is 3.77. The van der Waals surface area contributed by atoms with Gasteiger partial charge in [0.2, 0.25) is 0 Å². The molecule has 0 radical (unpaired) electrons. The molecule has 0 aromatic heterocycles. The molecule has 204 valence electrons. The first kappa shape index (κ1) is 26.3. The van der Waals surface area contributed by atoms with E-state index in [2.05, 4.69) is 103 Å². The summed E-state index contributed by atoms with van der Waals surface area (Å²) >= 11 is 0. The fraction of sp³-hybridized carbons (Fsp3) is 0.0244. The molecular weight excluding hydrogens is 520 g/mol. The molecule has 2 heteroatoms. The number of nitrogens with one attached hydrogen (secondary N) is 1. The van der Waals surface area contributed by atoms with Gasteiger partial charge in [-0.3, -0.25) is 4.99 Å². The number of nitrogens with zero attached hydrogens (tertiary/aromatic N) is 1. The third-order valence-electron chi connectivity index (χ3n) is 8.27. The highest BCUT2D eigenvalue weighted by molar-refractivity contribution is 6.10. The number of benzene rings is 6. The maximum Gasteiger partial charge on any atom is 0.0723 e. The smallest absolute Gasteiger partial charge is 0.0723 e. The first-order valence-corrected chi connectivity index (χ1v) is 14.6. The second kappa shape index (κ2) is 11.3. The van der Waals surface area contributed by atoms with E-state index in [1.54, 1.807) is 0 Å². The number of rotatable bonds is 7. The Kier molecular flexibility index (Phi) is 6.94. The van der Waals surface area contributed by atoms with Crippen LogP contribution in [0.5, 0.6) is 0 Å². The van der Waals surface area contributed by atoms with Gasteiger partial charge in [-0.05, 0) is 56.6 Å². The van der Waals surface area contributed by atoms with Crippen LogP contribution in [0.15, 0.2) is 175 Å². The molecule has 6 aromatic rings. The molecule has 1 N–H and O–H groups in total. The maximum atomic E-state index is 8.75. The highest BCUT2D eigenvalue weighted by Crippen LogP contribution is 2.55. The van der Waals surface area contributed by atoms with Crippen molar-refractivity contribution in [1.82, 2.24) is 0 Å². The minimum absolute atomic E-state index is 0.424. The summed E-state index contributed by atoms with van der Waals surface area (Å²) in [5, 5.41) is 8.75. The molecule has 0 aliphatic heterocycles. The summed E-state index contributed by atoms with van der Waals surface area (Å²) in [6, 6.07) is 57.0. The van der Waals surface area contributed by atoms with E-state index in [9.17, 15) is 0 Å². The van der Waals surface area contributed by atoms with Gasteiger partial charge < -0.3 is 5.41 Å². The SMILES string of the molecule is N=C(/C=C(\N=Cc1cccc(C2(c3ccccc3)c3ccccc3-c3ccccc32)c1)c1ccccc1)c1ccccc1. The van der Waals surface area contributed by atoms with E-state index in [0.29, 0.717) is 5.71 Å². The van der Waals surface area contributed by atoms with Crippen LogP contribution >= 0.6 is 0 Å². The molecule has 1 aliphatic rings. The summed E-state index contributed by atoms with van der Waals surface area (Å²) < 4.78 is 0. The van der Waals surface area contributed by atoms with E-state index in [1.807, 2.05) is 73.0 Å². The predicted octanol–water partition coefficient (Wildman–Crippen LogP) is 9.58. The highest BCUT2D eigenvalue weighted by atomic mass is 14.7. The van der Waals surface area contributed by atoms with Crippen LogP contribution in [0.2, 0.25) is 0 Å². The van der Waals surface area contributed by atoms with Crippen molar-refractivity contribution in [2.24, 2.45) is 4.99 Å². The van der Waals surface area contributed by atoms with E-state index in [-0.39, 0.29) is 0 Å². The number of fused-ring (bicyclic) bond motifs is 3. The van der Waals surface area contributed by atoms with Gasteiger partial charge in [-0.1, -0.05) is 158 Å². The van der Waals surface area contributed by atoms with Gasteiger partial charge in [0.1, 0.15) is 0 Å². The zero-order valence-electron chi connectivity index (χ0n) is 23.7.